The van der Waals surface area contributed by atoms with Gasteiger partial charge in [-0.15, -0.1) is 12.4 Å². The number of likely N-dealkylation sites (tertiary alicyclic amines) is 1. The number of hydrogen-bond donors (Lipinski definition) is 1. The first-order valence-electron chi connectivity index (χ1n) is 7.66. The van der Waals surface area contributed by atoms with Crippen molar-refractivity contribution < 1.29 is 4.39 Å². The minimum absolute atomic E-state index is 0. The SMILES string of the molecule is C[C@@H]1CCC[C@H](C)N1CCc1c[nH]c2ccc(F)cc12.Cl. The van der Waals surface area contributed by atoms with E-state index >= 15 is 0 Å². The van der Waals surface area contributed by atoms with Gasteiger partial charge in [0.15, 0.2) is 0 Å². The maximum atomic E-state index is 13.4. The Morgan fingerprint density at radius 1 is 1.24 bits per heavy atom. The summed E-state index contributed by atoms with van der Waals surface area (Å²) >= 11 is 0. The van der Waals surface area contributed by atoms with Crippen LogP contribution in [0, 0.1) is 5.82 Å². The Hall–Kier alpha value is -1.06. The van der Waals surface area contributed by atoms with Gasteiger partial charge in [-0.25, -0.2) is 4.39 Å². The zero-order chi connectivity index (χ0) is 14.1. The monoisotopic (exact) mass is 310 g/mol. The lowest BCUT2D eigenvalue weighted by Gasteiger charge is -2.39. The number of halogens is 2. The van der Waals surface area contributed by atoms with E-state index in [0.29, 0.717) is 12.1 Å². The highest BCUT2D eigenvalue weighted by Crippen LogP contribution is 2.24. The maximum Gasteiger partial charge on any atom is 0.123 e. The summed E-state index contributed by atoms with van der Waals surface area (Å²) in [6.07, 6.45) is 6.96. The number of hydrogen-bond acceptors (Lipinski definition) is 1. The van der Waals surface area contributed by atoms with Crippen LogP contribution in [0.3, 0.4) is 0 Å². The smallest absolute Gasteiger partial charge is 0.123 e. The van der Waals surface area contributed by atoms with Crippen LogP contribution >= 0.6 is 12.4 Å². The van der Waals surface area contributed by atoms with Crippen molar-refractivity contribution in [2.45, 2.75) is 51.6 Å². The van der Waals surface area contributed by atoms with E-state index in [-0.39, 0.29) is 18.2 Å². The van der Waals surface area contributed by atoms with Crippen molar-refractivity contribution >= 4 is 23.3 Å². The quantitative estimate of drug-likeness (QED) is 0.882. The fraction of sp³-hybridized carbons (Fsp3) is 0.529. The molecule has 21 heavy (non-hydrogen) atoms. The summed E-state index contributed by atoms with van der Waals surface area (Å²) in [5.74, 6) is -0.155. The second-order valence-electron chi connectivity index (χ2n) is 6.12. The molecule has 1 aromatic carbocycles. The number of nitrogens with zero attached hydrogens (tertiary/aromatic N) is 1. The molecule has 4 heteroatoms. The van der Waals surface area contributed by atoms with Gasteiger partial charge in [-0.05, 0) is 56.9 Å². The van der Waals surface area contributed by atoms with Crippen molar-refractivity contribution in [1.29, 1.82) is 0 Å². The number of piperidine rings is 1. The topological polar surface area (TPSA) is 19.0 Å². The van der Waals surface area contributed by atoms with Gasteiger partial charge < -0.3 is 4.98 Å². The molecule has 0 saturated carbocycles. The van der Waals surface area contributed by atoms with Crippen LogP contribution in [0.15, 0.2) is 24.4 Å². The van der Waals surface area contributed by atoms with Crippen LogP contribution in [0.2, 0.25) is 0 Å². The number of fused-ring (bicyclic) bond motifs is 1. The molecule has 1 N–H and O–H groups in total. The Morgan fingerprint density at radius 2 is 1.95 bits per heavy atom. The van der Waals surface area contributed by atoms with Crippen LogP contribution < -0.4 is 0 Å². The molecular formula is C17H24ClFN2. The molecule has 116 valence electrons. The van der Waals surface area contributed by atoms with Crippen molar-refractivity contribution in [3.63, 3.8) is 0 Å². The third kappa shape index (κ3) is 3.41. The summed E-state index contributed by atoms with van der Waals surface area (Å²) in [4.78, 5) is 5.84. The molecule has 0 spiro atoms. The van der Waals surface area contributed by atoms with E-state index < -0.39 is 0 Å². The minimum Gasteiger partial charge on any atom is -0.361 e. The van der Waals surface area contributed by atoms with Crippen molar-refractivity contribution in [3.05, 3.63) is 35.8 Å². The van der Waals surface area contributed by atoms with Crippen molar-refractivity contribution in [1.82, 2.24) is 9.88 Å². The highest BCUT2D eigenvalue weighted by molar-refractivity contribution is 5.85. The summed E-state index contributed by atoms with van der Waals surface area (Å²) in [6, 6.07) is 6.31. The largest absolute Gasteiger partial charge is 0.361 e. The fourth-order valence-electron chi connectivity index (χ4n) is 3.52. The number of aromatic nitrogens is 1. The Morgan fingerprint density at radius 3 is 2.67 bits per heavy atom. The van der Waals surface area contributed by atoms with Crippen LogP contribution in [0.5, 0.6) is 0 Å². The van der Waals surface area contributed by atoms with E-state index in [2.05, 4.69) is 23.7 Å². The van der Waals surface area contributed by atoms with Gasteiger partial charge in [-0.3, -0.25) is 4.90 Å². The molecule has 1 aliphatic rings. The highest BCUT2D eigenvalue weighted by Gasteiger charge is 2.24. The van der Waals surface area contributed by atoms with Gasteiger partial charge in [0.1, 0.15) is 5.82 Å². The van der Waals surface area contributed by atoms with E-state index in [0.717, 1.165) is 23.9 Å². The van der Waals surface area contributed by atoms with Crippen molar-refractivity contribution in [2.75, 3.05) is 6.54 Å². The molecule has 2 heterocycles. The van der Waals surface area contributed by atoms with Gasteiger partial charge in [0.2, 0.25) is 0 Å². The average molecular weight is 311 g/mol. The summed E-state index contributed by atoms with van der Waals surface area (Å²) in [6.45, 7) is 5.71. The summed E-state index contributed by atoms with van der Waals surface area (Å²) in [7, 11) is 0. The van der Waals surface area contributed by atoms with Crippen LogP contribution in [0.25, 0.3) is 10.9 Å². The zero-order valence-corrected chi connectivity index (χ0v) is 13.5. The third-order valence-corrected chi connectivity index (χ3v) is 4.74. The number of aromatic amines is 1. The lowest BCUT2D eigenvalue weighted by Crippen LogP contribution is -2.44. The Kier molecular flexibility index (Phi) is 5.28. The summed E-state index contributed by atoms with van der Waals surface area (Å²) in [5, 5.41) is 1.03. The molecule has 0 bridgehead atoms. The summed E-state index contributed by atoms with van der Waals surface area (Å²) < 4.78 is 13.4. The molecular weight excluding hydrogens is 287 g/mol. The van der Waals surface area contributed by atoms with Gasteiger partial charge in [-0.2, -0.15) is 0 Å². The molecule has 3 rings (SSSR count). The fourth-order valence-corrected chi connectivity index (χ4v) is 3.52. The van der Waals surface area contributed by atoms with Crippen molar-refractivity contribution in [2.24, 2.45) is 0 Å². The normalized spacial score (nSPS) is 23.2. The second-order valence-corrected chi connectivity index (χ2v) is 6.12. The first-order chi connectivity index (χ1) is 9.65. The molecule has 0 unspecified atom stereocenters. The Labute approximate surface area is 132 Å². The number of H-pyrrole nitrogens is 1. The number of benzene rings is 1. The van der Waals surface area contributed by atoms with Gasteiger partial charge in [0.25, 0.3) is 0 Å². The summed E-state index contributed by atoms with van der Waals surface area (Å²) in [5.41, 5.74) is 2.26. The second kappa shape index (κ2) is 6.80. The highest BCUT2D eigenvalue weighted by atomic mass is 35.5. The van der Waals surface area contributed by atoms with E-state index in [9.17, 15) is 4.39 Å². The molecule has 2 atom stereocenters. The van der Waals surface area contributed by atoms with Crippen LogP contribution in [-0.2, 0) is 6.42 Å². The molecule has 2 aromatic rings. The van der Waals surface area contributed by atoms with E-state index in [1.54, 1.807) is 6.07 Å². The molecule has 1 aliphatic heterocycles. The standard InChI is InChI=1S/C17H23FN2.ClH/c1-12-4-3-5-13(2)20(12)9-8-14-11-19-17-7-6-15(18)10-16(14)17;/h6-7,10-13,19H,3-5,8-9H2,1-2H3;1H/t12-,13+;. The lowest BCUT2D eigenvalue weighted by atomic mass is 9.97. The Balaban J connectivity index is 0.00000161. The third-order valence-electron chi connectivity index (χ3n) is 4.74. The first kappa shape index (κ1) is 16.3. The van der Waals surface area contributed by atoms with Crippen LogP contribution in [-0.4, -0.2) is 28.5 Å². The van der Waals surface area contributed by atoms with Crippen molar-refractivity contribution in [3.8, 4) is 0 Å². The average Bonchev–Trinajstić information content (AvgIpc) is 2.81. The molecule has 1 saturated heterocycles. The predicted octanol–water partition coefficient (Wildman–Crippen LogP) is 4.53. The molecule has 0 amide bonds. The molecule has 0 aliphatic carbocycles. The Bertz CT molecular complexity index is 585. The predicted molar refractivity (Wildman–Crippen MR) is 88.7 cm³/mol. The number of nitrogens with one attached hydrogen (secondary N) is 1. The number of rotatable bonds is 3. The van der Waals surface area contributed by atoms with Gasteiger partial charge in [0.05, 0.1) is 0 Å². The van der Waals surface area contributed by atoms with E-state index in [1.807, 2.05) is 12.3 Å². The molecule has 1 aromatic heterocycles. The van der Waals surface area contributed by atoms with Gasteiger partial charge >= 0.3 is 0 Å². The van der Waals surface area contributed by atoms with Gasteiger partial charge in [-0.1, -0.05) is 6.42 Å². The van der Waals surface area contributed by atoms with Gasteiger partial charge in [0, 0.05) is 35.7 Å². The molecule has 2 nitrogen and oxygen atoms in total. The van der Waals surface area contributed by atoms with E-state index in [1.165, 1.54) is 30.9 Å². The lowest BCUT2D eigenvalue weighted by molar-refractivity contribution is 0.105. The molecule has 1 fully saturated rings. The minimum atomic E-state index is -0.155. The van der Waals surface area contributed by atoms with Crippen LogP contribution in [0.1, 0.15) is 38.7 Å². The first-order valence-corrected chi connectivity index (χ1v) is 7.66. The van der Waals surface area contributed by atoms with E-state index in [4.69, 9.17) is 0 Å². The van der Waals surface area contributed by atoms with Crippen LogP contribution in [0.4, 0.5) is 4.39 Å². The molecule has 0 radical (unpaired) electrons. The zero-order valence-electron chi connectivity index (χ0n) is 12.7. The maximum absolute atomic E-state index is 13.4.